The fourth-order valence-corrected chi connectivity index (χ4v) is 3.45. The number of nitrogens with zero attached hydrogens (tertiary/aromatic N) is 3. The van der Waals surface area contributed by atoms with Crippen molar-refractivity contribution in [2.24, 2.45) is 0 Å². The Labute approximate surface area is 126 Å². The zero-order valence-electron chi connectivity index (χ0n) is 10.8. The highest BCUT2D eigenvalue weighted by Crippen LogP contribution is 2.26. The van der Waals surface area contributed by atoms with E-state index in [4.69, 9.17) is 9.52 Å². The van der Waals surface area contributed by atoms with E-state index in [1.54, 1.807) is 13.0 Å². The quantitative estimate of drug-likeness (QED) is 0.734. The first-order valence-corrected chi connectivity index (χ1v) is 7.65. The maximum Gasteiger partial charge on any atom is 0.371 e. The van der Waals surface area contributed by atoms with Crippen LogP contribution in [0.5, 0.6) is 0 Å². The summed E-state index contributed by atoms with van der Waals surface area (Å²) in [5.74, 6) is -0.734. The molecule has 0 aliphatic carbocycles. The monoisotopic (exact) mass is 323 g/mol. The van der Waals surface area contributed by atoms with Gasteiger partial charge >= 0.3 is 5.97 Å². The van der Waals surface area contributed by atoms with Crippen LogP contribution in [0, 0.1) is 6.92 Å². The van der Waals surface area contributed by atoms with Crippen LogP contribution < -0.4 is 5.56 Å². The fourth-order valence-electron chi connectivity index (χ4n) is 1.66. The minimum atomic E-state index is -1.10. The summed E-state index contributed by atoms with van der Waals surface area (Å²) in [6.07, 6.45) is 0. The number of fused-ring (bicyclic) bond motifs is 1. The summed E-state index contributed by atoms with van der Waals surface area (Å²) in [7, 11) is 0. The van der Waals surface area contributed by atoms with Crippen LogP contribution in [-0.2, 0) is 5.75 Å². The topological polar surface area (TPSA) is 97.7 Å². The molecule has 0 radical (unpaired) electrons. The van der Waals surface area contributed by atoms with Gasteiger partial charge in [-0.3, -0.25) is 4.79 Å². The van der Waals surface area contributed by atoms with Gasteiger partial charge in [0.15, 0.2) is 5.09 Å². The van der Waals surface area contributed by atoms with E-state index in [0.29, 0.717) is 26.5 Å². The van der Waals surface area contributed by atoms with Crippen LogP contribution in [-0.4, -0.2) is 25.7 Å². The lowest BCUT2D eigenvalue weighted by Gasteiger charge is -1.92. The molecule has 0 atom stereocenters. The summed E-state index contributed by atoms with van der Waals surface area (Å²) in [4.78, 5) is 27.2. The number of furan rings is 1. The Morgan fingerprint density at radius 1 is 1.52 bits per heavy atom. The molecular weight excluding hydrogens is 314 g/mol. The van der Waals surface area contributed by atoms with Crippen molar-refractivity contribution in [2.45, 2.75) is 17.8 Å². The molecule has 0 aromatic carbocycles. The molecule has 0 unspecified atom stereocenters. The summed E-state index contributed by atoms with van der Waals surface area (Å²) in [5, 5.41) is 14.2. The van der Waals surface area contributed by atoms with E-state index in [-0.39, 0.29) is 11.3 Å². The Morgan fingerprint density at radius 2 is 2.33 bits per heavy atom. The number of carbonyl (C=O) groups is 1. The van der Waals surface area contributed by atoms with E-state index in [9.17, 15) is 9.59 Å². The second-order valence-electron chi connectivity index (χ2n) is 4.14. The summed E-state index contributed by atoms with van der Waals surface area (Å²) < 4.78 is 6.40. The van der Waals surface area contributed by atoms with Crippen LogP contribution in [0.15, 0.2) is 32.5 Å². The minimum Gasteiger partial charge on any atom is -0.475 e. The van der Waals surface area contributed by atoms with E-state index in [1.807, 2.05) is 0 Å². The molecule has 0 saturated carbocycles. The minimum absolute atomic E-state index is 0.102. The standard InChI is InChI=1S/C12H9N3O4S2/c1-6-4-9(16)15-12(13-6)21-8(14-15)5-20-10-3-2-7(19-10)11(17)18/h2-4H,5H2,1H3,(H,17,18). The molecule has 0 aliphatic rings. The molecule has 1 N–H and O–H groups in total. The largest absolute Gasteiger partial charge is 0.475 e. The number of aromatic nitrogens is 3. The fraction of sp³-hybridized carbons (Fsp3) is 0.167. The normalized spacial score (nSPS) is 11.1. The summed E-state index contributed by atoms with van der Waals surface area (Å²) in [5.41, 5.74) is 0.441. The zero-order chi connectivity index (χ0) is 15.0. The molecule has 0 spiro atoms. The molecule has 9 heteroatoms. The molecule has 0 saturated heterocycles. The van der Waals surface area contributed by atoms with E-state index in [0.717, 1.165) is 0 Å². The zero-order valence-corrected chi connectivity index (χ0v) is 12.4. The lowest BCUT2D eigenvalue weighted by atomic mass is 10.5. The van der Waals surface area contributed by atoms with Crippen LogP contribution in [0.3, 0.4) is 0 Å². The number of carboxylic acids is 1. The predicted molar refractivity (Wildman–Crippen MR) is 77.1 cm³/mol. The lowest BCUT2D eigenvalue weighted by Crippen LogP contribution is -2.14. The molecule has 21 heavy (non-hydrogen) atoms. The van der Waals surface area contributed by atoms with E-state index >= 15 is 0 Å². The average molecular weight is 323 g/mol. The lowest BCUT2D eigenvalue weighted by molar-refractivity contribution is 0.0656. The van der Waals surface area contributed by atoms with Crippen molar-refractivity contribution in [3.05, 3.63) is 45.0 Å². The molecule has 0 fully saturated rings. The van der Waals surface area contributed by atoms with Crippen molar-refractivity contribution in [2.75, 3.05) is 0 Å². The SMILES string of the molecule is Cc1cc(=O)n2nc(CSc3ccc(C(=O)O)o3)sc2n1. The van der Waals surface area contributed by atoms with Crippen LogP contribution >= 0.6 is 23.1 Å². The molecule has 0 amide bonds. The van der Waals surface area contributed by atoms with E-state index in [2.05, 4.69) is 10.1 Å². The van der Waals surface area contributed by atoms with Gasteiger partial charge in [0.2, 0.25) is 10.7 Å². The number of thioether (sulfide) groups is 1. The molecule has 3 rings (SSSR count). The molecule has 108 valence electrons. The Hall–Kier alpha value is -2.13. The van der Waals surface area contributed by atoms with Crippen molar-refractivity contribution in [1.29, 1.82) is 0 Å². The third-order valence-electron chi connectivity index (χ3n) is 2.54. The summed E-state index contributed by atoms with van der Waals surface area (Å²) in [6, 6.07) is 4.42. The predicted octanol–water partition coefficient (Wildman–Crippen LogP) is 2.04. The van der Waals surface area contributed by atoms with Crippen molar-refractivity contribution in [3.63, 3.8) is 0 Å². The average Bonchev–Trinajstić information content (AvgIpc) is 3.02. The molecular formula is C12H9N3O4S2. The summed E-state index contributed by atoms with van der Waals surface area (Å²) >= 11 is 2.63. The molecule has 3 aromatic rings. The van der Waals surface area contributed by atoms with Gasteiger partial charge in [0, 0.05) is 11.8 Å². The van der Waals surface area contributed by atoms with Gasteiger partial charge in [0.1, 0.15) is 5.01 Å². The molecule has 3 heterocycles. The van der Waals surface area contributed by atoms with Crippen molar-refractivity contribution >= 4 is 34.0 Å². The van der Waals surface area contributed by atoms with Gasteiger partial charge in [-0.1, -0.05) is 23.1 Å². The van der Waals surface area contributed by atoms with E-state index in [1.165, 1.54) is 39.7 Å². The second-order valence-corrected chi connectivity index (χ2v) is 6.16. The van der Waals surface area contributed by atoms with Crippen molar-refractivity contribution in [3.8, 4) is 0 Å². The van der Waals surface area contributed by atoms with Gasteiger partial charge in [-0.25, -0.2) is 9.78 Å². The van der Waals surface area contributed by atoms with Crippen molar-refractivity contribution < 1.29 is 14.3 Å². The first kappa shape index (κ1) is 13.8. The molecule has 3 aromatic heterocycles. The third kappa shape index (κ3) is 2.83. The Kier molecular flexibility index (Phi) is 3.52. The van der Waals surface area contributed by atoms with Crippen LogP contribution in [0.25, 0.3) is 4.96 Å². The smallest absolute Gasteiger partial charge is 0.371 e. The first-order valence-electron chi connectivity index (χ1n) is 5.85. The van der Waals surface area contributed by atoms with Gasteiger partial charge < -0.3 is 9.52 Å². The number of hydrogen-bond donors (Lipinski definition) is 1. The third-order valence-corrected chi connectivity index (χ3v) is 4.56. The van der Waals surface area contributed by atoms with Crippen LogP contribution in [0.1, 0.15) is 21.3 Å². The van der Waals surface area contributed by atoms with Crippen LogP contribution in [0.4, 0.5) is 0 Å². The highest BCUT2D eigenvalue weighted by Gasteiger charge is 2.12. The Bertz CT molecular complexity index is 880. The highest BCUT2D eigenvalue weighted by molar-refractivity contribution is 7.98. The van der Waals surface area contributed by atoms with Gasteiger partial charge in [-0.15, -0.1) is 0 Å². The van der Waals surface area contributed by atoms with Gasteiger partial charge in [-0.05, 0) is 19.1 Å². The second kappa shape index (κ2) is 5.34. The highest BCUT2D eigenvalue weighted by atomic mass is 32.2. The maximum atomic E-state index is 11.7. The number of aromatic carboxylic acids is 1. The number of rotatable bonds is 4. The number of aryl methyl sites for hydroxylation is 1. The van der Waals surface area contributed by atoms with Crippen LogP contribution in [0.2, 0.25) is 0 Å². The maximum absolute atomic E-state index is 11.7. The van der Waals surface area contributed by atoms with Gasteiger partial charge in [-0.2, -0.15) is 9.61 Å². The van der Waals surface area contributed by atoms with Gasteiger partial charge in [0.05, 0.1) is 5.75 Å². The Balaban J connectivity index is 1.80. The summed E-state index contributed by atoms with van der Waals surface area (Å²) in [6.45, 7) is 1.76. The van der Waals surface area contributed by atoms with Crippen molar-refractivity contribution in [1.82, 2.24) is 14.6 Å². The Morgan fingerprint density at radius 3 is 3.05 bits per heavy atom. The molecule has 7 nitrogen and oxygen atoms in total. The molecule has 0 aliphatic heterocycles. The number of hydrogen-bond acceptors (Lipinski definition) is 7. The number of carboxylic acid groups (broad SMARTS) is 1. The molecule has 0 bridgehead atoms. The van der Waals surface area contributed by atoms with Gasteiger partial charge in [0.25, 0.3) is 5.56 Å². The first-order chi connectivity index (χ1) is 10.0. The van der Waals surface area contributed by atoms with E-state index < -0.39 is 5.97 Å².